The summed E-state index contributed by atoms with van der Waals surface area (Å²) < 4.78 is 10.9. The summed E-state index contributed by atoms with van der Waals surface area (Å²) in [4.78, 5) is 0. The van der Waals surface area contributed by atoms with Crippen LogP contribution in [0, 0.1) is 0 Å². The van der Waals surface area contributed by atoms with Gasteiger partial charge in [0.15, 0.2) is 0 Å². The van der Waals surface area contributed by atoms with Gasteiger partial charge >= 0.3 is 0 Å². The number of nitrogens with one attached hydrogen (secondary N) is 1. The molecule has 0 radical (unpaired) electrons. The second-order valence-electron chi connectivity index (χ2n) is 4.09. The van der Waals surface area contributed by atoms with Crippen LogP contribution in [0.2, 0.25) is 0 Å². The lowest BCUT2D eigenvalue weighted by Crippen LogP contribution is -2.20. The average molecular weight is 245 g/mol. The zero-order valence-corrected chi connectivity index (χ0v) is 10.5. The van der Waals surface area contributed by atoms with E-state index in [1.807, 2.05) is 42.5 Å². The Morgan fingerprint density at radius 1 is 1.00 bits per heavy atom. The molecule has 3 nitrogen and oxygen atoms in total. The molecular formula is C15H19NO2. The van der Waals surface area contributed by atoms with Gasteiger partial charge in [0, 0.05) is 13.0 Å². The Labute approximate surface area is 108 Å². The van der Waals surface area contributed by atoms with Crippen LogP contribution in [-0.4, -0.2) is 19.7 Å². The van der Waals surface area contributed by atoms with E-state index < -0.39 is 0 Å². The third-order valence-corrected chi connectivity index (χ3v) is 2.64. The molecule has 2 rings (SSSR count). The van der Waals surface area contributed by atoms with Gasteiger partial charge in [-0.1, -0.05) is 18.2 Å². The Balaban J connectivity index is 1.47. The number of furan rings is 1. The molecule has 0 aliphatic carbocycles. The minimum absolute atomic E-state index is 0.748. The topological polar surface area (TPSA) is 34.4 Å². The van der Waals surface area contributed by atoms with Gasteiger partial charge in [-0.3, -0.25) is 0 Å². The molecule has 0 spiro atoms. The van der Waals surface area contributed by atoms with E-state index in [0.717, 1.165) is 44.0 Å². The highest BCUT2D eigenvalue weighted by molar-refractivity contribution is 5.20. The fourth-order valence-electron chi connectivity index (χ4n) is 1.70. The molecule has 0 unspecified atom stereocenters. The van der Waals surface area contributed by atoms with E-state index in [9.17, 15) is 0 Å². The van der Waals surface area contributed by atoms with Crippen LogP contribution in [-0.2, 0) is 6.42 Å². The van der Waals surface area contributed by atoms with Crippen LogP contribution in [0.15, 0.2) is 53.1 Å². The van der Waals surface area contributed by atoms with Crippen LogP contribution in [0.4, 0.5) is 0 Å². The normalized spacial score (nSPS) is 10.4. The number of rotatable bonds is 8. The zero-order valence-electron chi connectivity index (χ0n) is 10.5. The van der Waals surface area contributed by atoms with Crippen molar-refractivity contribution in [2.24, 2.45) is 0 Å². The van der Waals surface area contributed by atoms with Crippen molar-refractivity contribution in [1.82, 2.24) is 5.32 Å². The van der Waals surface area contributed by atoms with E-state index in [0.29, 0.717) is 0 Å². The summed E-state index contributed by atoms with van der Waals surface area (Å²) in [5.74, 6) is 1.97. The smallest absolute Gasteiger partial charge is 0.119 e. The van der Waals surface area contributed by atoms with E-state index in [4.69, 9.17) is 9.15 Å². The quantitative estimate of drug-likeness (QED) is 0.726. The van der Waals surface area contributed by atoms with Gasteiger partial charge in [0.1, 0.15) is 11.5 Å². The van der Waals surface area contributed by atoms with Gasteiger partial charge in [-0.05, 0) is 37.2 Å². The molecule has 1 aromatic carbocycles. The molecule has 0 atom stereocenters. The number of hydrogen-bond acceptors (Lipinski definition) is 3. The monoisotopic (exact) mass is 245 g/mol. The summed E-state index contributed by atoms with van der Waals surface area (Å²) in [6.45, 7) is 2.66. The number of benzene rings is 1. The minimum atomic E-state index is 0.748. The van der Waals surface area contributed by atoms with Gasteiger partial charge in [-0.15, -0.1) is 0 Å². The molecule has 96 valence electrons. The van der Waals surface area contributed by atoms with E-state index >= 15 is 0 Å². The van der Waals surface area contributed by atoms with Crippen LogP contribution in [0.3, 0.4) is 0 Å². The molecule has 0 bridgehead atoms. The van der Waals surface area contributed by atoms with Crippen LogP contribution in [0.25, 0.3) is 0 Å². The summed E-state index contributed by atoms with van der Waals surface area (Å²) in [5, 5.41) is 3.37. The summed E-state index contributed by atoms with van der Waals surface area (Å²) in [6.07, 6.45) is 3.66. The van der Waals surface area contributed by atoms with Crippen molar-refractivity contribution < 1.29 is 9.15 Å². The maximum absolute atomic E-state index is 5.60. The SMILES string of the molecule is c1ccc(OCCCNCCc2ccco2)cc1. The predicted octanol–water partition coefficient (Wildman–Crippen LogP) is 2.88. The standard InChI is InChI=1S/C15H19NO2/c1-2-6-14(7-3-1)18-13-5-10-16-11-9-15-8-4-12-17-15/h1-4,6-8,12,16H,5,9-11,13H2. The lowest BCUT2D eigenvalue weighted by molar-refractivity contribution is 0.308. The van der Waals surface area contributed by atoms with Crippen LogP contribution >= 0.6 is 0 Å². The molecule has 18 heavy (non-hydrogen) atoms. The summed E-state index contributed by atoms with van der Waals surface area (Å²) in [5.41, 5.74) is 0. The average Bonchev–Trinajstić information content (AvgIpc) is 2.92. The molecule has 1 heterocycles. The second kappa shape index (κ2) is 7.56. The summed E-state index contributed by atoms with van der Waals surface area (Å²) in [7, 11) is 0. The Kier molecular flexibility index (Phi) is 5.34. The molecule has 0 aliphatic rings. The van der Waals surface area contributed by atoms with Crippen molar-refractivity contribution >= 4 is 0 Å². The van der Waals surface area contributed by atoms with E-state index in [-0.39, 0.29) is 0 Å². The number of ether oxygens (including phenoxy) is 1. The Morgan fingerprint density at radius 3 is 2.67 bits per heavy atom. The Morgan fingerprint density at radius 2 is 1.89 bits per heavy atom. The van der Waals surface area contributed by atoms with Crippen molar-refractivity contribution in [2.45, 2.75) is 12.8 Å². The highest BCUT2D eigenvalue weighted by Crippen LogP contribution is 2.08. The Hall–Kier alpha value is -1.74. The molecule has 2 aromatic rings. The molecule has 0 fully saturated rings. The van der Waals surface area contributed by atoms with Crippen molar-refractivity contribution in [3.8, 4) is 5.75 Å². The molecular weight excluding hydrogens is 226 g/mol. The molecule has 1 aromatic heterocycles. The molecule has 0 aliphatic heterocycles. The van der Waals surface area contributed by atoms with Gasteiger partial charge < -0.3 is 14.5 Å². The molecule has 0 saturated carbocycles. The van der Waals surface area contributed by atoms with Gasteiger partial charge in [0.05, 0.1) is 12.9 Å². The lowest BCUT2D eigenvalue weighted by atomic mass is 10.3. The van der Waals surface area contributed by atoms with Crippen molar-refractivity contribution in [1.29, 1.82) is 0 Å². The predicted molar refractivity (Wildman–Crippen MR) is 71.8 cm³/mol. The van der Waals surface area contributed by atoms with E-state index in [1.165, 1.54) is 0 Å². The van der Waals surface area contributed by atoms with E-state index in [1.54, 1.807) is 6.26 Å². The molecule has 0 amide bonds. The fourth-order valence-corrected chi connectivity index (χ4v) is 1.70. The first-order chi connectivity index (χ1) is 8.95. The van der Waals surface area contributed by atoms with Crippen molar-refractivity contribution in [3.63, 3.8) is 0 Å². The van der Waals surface area contributed by atoms with E-state index in [2.05, 4.69) is 5.32 Å². The highest BCUT2D eigenvalue weighted by Gasteiger charge is 1.95. The summed E-state index contributed by atoms with van der Waals surface area (Å²) in [6, 6.07) is 13.8. The first-order valence-electron chi connectivity index (χ1n) is 6.36. The van der Waals surface area contributed by atoms with Crippen molar-refractivity contribution in [3.05, 3.63) is 54.5 Å². The van der Waals surface area contributed by atoms with Crippen LogP contribution in [0.1, 0.15) is 12.2 Å². The molecule has 3 heteroatoms. The van der Waals surface area contributed by atoms with Gasteiger partial charge in [-0.2, -0.15) is 0 Å². The molecule has 0 saturated heterocycles. The van der Waals surface area contributed by atoms with Gasteiger partial charge in [0.25, 0.3) is 0 Å². The zero-order chi connectivity index (χ0) is 12.5. The Bertz CT molecular complexity index is 411. The highest BCUT2D eigenvalue weighted by atomic mass is 16.5. The largest absolute Gasteiger partial charge is 0.494 e. The third kappa shape index (κ3) is 4.63. The van der Waals surface area contributed by atoms with Crippen molar-refractivity contribution in [2.75, 3.05) is 19.7 Å². The first-order valence-corrected chi connectivity index (χ1v) is 6.36. The molecule has 1 N–H and O–H groups in total. The summed E-state index contributed by atoms with van der Waals surface area (Å²) >= 11 is 0. The number of hydrogen-bond donors (Lipinski definition) is 1. The maximum atomic E-state index is 5.60. The maximum Gasteiger partial charge on any atom is 0.119 e. The fraction of sp³-hybridized carbons (Fsp3) is 0.333. The van der Waals surface area contributed by atoms with Crippen LogP contribution in [0.5, 0.6) is 5.75 Å². The first kappa shape index (κ1) is 12.7. The second-order valence-corrected chi connectivity index (χ2v) is 4.09. The lowest BCUT2D eigenvalue weighted by Gasteiger charge is -2.06. The number of para-hydroxylation sites is 1. The third-order valence-electron chi connectivity index (χ3n) is 2.64. The van der Waals surface area contributed by atoms with Gasteiger partial charge in [0.2, 0.25) is 0 Å². The minimum Gasteiger partial charge on any atom is -0.494 e. The van der Waals surface area contributed by atoms with Crippen LogP contribution < -0.4 is 10.1 Å². The van der Waals surface area contributed by atoms with Gasteiger partial charge in [-0.25, -0.2) is 0 Å².